The second kappa shape index (κ2) is 9.24. The molecule has 1 aliphatic rings. The molecular weight excluding hydrogens is 242 g/mol. The van der Waals surface area contributed by atoms with E-state index in [0.29, 0.717) is 5.92 Å². The molecule has 0 aromatic carbocycles. The highest BCUT2D eigenvalue weighted by atomic mass is 35.5. The maximum absolute atomic E-state index is 11.3. The molecule has 0 bridgehead atoms. The molecule has 0 radical (unpaired) electrons. The third kappa shape index (κ3) is 7.18. The highest BCUT2D eigenvalue weighted by Gasteiger charge is 2.14. The average Bonchev–Trinajstić information content (AvgIpc) is 2.34. The molecule has 1 aliphatic carbocycles. The molecule has 17 heavy (non-hydrogen) atoms. The van der Waals surface area contributed by atoms with Crippen LogP contribution in [0.5, 0.6) is 0 Å². The maximum Gasteiger partial charge on any atom is 0.239 e. The first-order chi connectivity index (χ1) is 7.72. The molecule has 0 aliphatic heterocycles. The first-order valence-electron chi connectivity index (χ1n) is 5.96. The number of hydrogen-bond acceptors (Lipinski definition) is 3. The molecule has 100 valence electrons. The number of carbonyl (C=O) groups is 2. The number of rotatable bonds is 5. The normalized spacial score (nSPS) is 15.8. The van der Waals surface area contributed by atoms with Crippen molar-refractivity contribution in [2.24, 2.45) is 11.7 Å². The molecule has 2 amide bonds. The largest absolute Gasteiger partial charge is 0.354 e. The van der Waals surface area contributed by atoms with Gasteiger partial charge in [-0.25, -0.2) is 0 Å². The number of carbonyl (C=O) groups excluding carboxylic acids is 2. The van der Waals surface area contributed by atoms with E-state index in [0.717, 1.165) is 6.54 Å². The molecular formula is C11H22ClN3O2. The summed E-state index contributed by atoms with van der Waals surface area (Å²) in [7, 11) is 0. The fraction of sp³-hybridized carbons (Fsp3) is 0.818. The number of nitrogens with two attached hydrogens (primary N) is 1. The lowest BCUT2D eigenvalue weighted by molar-refractivity contribution is -0.125. The number of amides is 2. The monoisotopic (exact) mass is 263 g/mol. The zero-order valence-corrected chi connectivity index (χ0v) is 10.9. The fourth-order valence-corrected chi connectivity index (χ4v) is 1.96. The van der Waals surface area contributed by atoms with Crippen LogP contribution in [0.15, 0.2) is 0 Å². The Labute approximate surface area is 108 Å². The molecule has 0 heterocycles. The Morgan fingerprint density at radius 1 is 1.06 bits per heavy atom. The minimum Gasteiger partial charge on any atom is -0.354 e. The average molecular weight is 264 g/mol. The van der Waals surface area contributed by atoms with E-state index in [9.17, 15) is 9.59 Å². The molecule has 0 unspecified atom stereocenters. The van der Waals surface area contributed by atoms with Crippen LogP contribution in [0.2, 0.25) is 0 Å². The van der Waals surface area contributed by atoms with E-state index in [-0.39, 0.29) is 37.3 Å². The molecule has 0 spiro atoms. The van der Waals surface area contributed by atoms with Crippen molar-refractivity contribution in [2.45, 2.75) is 32.1 Å². The molecule has 0 aromatic heterocycles. The smallest absolute Gasteiger partial charge is 0.239 e. The van der Waals surface area contributed by atoms with Crippen LogP contribution in [0.25, 0.3) is 0 Å². The van der Waals surface area contributed by atoms with Crippen LogP contribution in [0.3, 0.4) is 0 Å². The van der Waals surface area contributed by atoms with Crippen LogP contribution in [-0.2, 0) is 9.59 Å². The molecule has 1 saturated carbocycles. The summed E-state index contributed by atoms with van der Waals surface area (Å²) in [5, 5.41) is 5.28. The van der Waals surface area contributed by atoms with Crippen molar-refractivity contribution in [1.29, 1.82) is 0 Å². The lowest BCUT2D eigenvalue weighted by Crippen LogP contribution is -2.41. The van der Waals surface area contributed by atoms with Crippen molar-refractivity contribution in [3.63, 3.8) is 0 Å². The van der Waals surface area contributed by atoms with Gasteiger partial charge >= 0.3 is 0 Å². The summed E-state index contributed by atoms with van der Waals surface area (Å²) in [6.45, 7) is 0.690. The third-order valence-electron chi connectivity index (χ3n) is 2.94. The van der Waals surface area contributed by atoms with Crippen LogP contribution < -0.4 is 16.4 Å². The molecule has 0 aromatic rings. The molecule has 1 rings (SSSR count). The Hall–Kier alpha value is -0.810. The van der Waals surface area contributed by atoms with Crippen LogP contribution in [-0.4, -0.2) is 31.4 Å². The van der Waals surface area contributed by atoms with Gasteiger partial charge in [0.2, 0.25) is 11.8 Å². The topological polar surface area (TPSA) is 84.2 Å². The van der Waals surface area contributed by atoms with E-state index in [1.165, 1.54) is 32.1 Å². The Balaban J connectivity index is 0.00000256. The summed E-state index contributed by atoms with van der Waals surface area (Å²) in [5.74, 6) is 0.183. The Kier molecular flexibility index (Phi) is 8.80. The van der Waals surface area contributed by atoms with Crippen molar-refractivity contribution in [1.82, 2.24) is 10.6 Å². The summed E-state index contributed by atoms with van der Waals surface area (Å²) in [6, 6.07) is 0. The minimum atomic E-state index is -0.298. The van der Waals surface area contributed by atoms with Crippen LogP contribution in [0.4, 0.5) is 0 Å². The van der Waals surface area contributed by atoms with Gasteiger partial charge in [0.05, 0.1) is 13.1 Å². The highest BCUT2D eigenvalue weighted by Crippen LogP contribution is 2.22. The summed E-state index contributed by atoms with van der Waals surface area (Å²) in [4.78, 5) is 22.1. The van der Waals surface area contributed by atoms with Crippen molar-refractivity contribution in [2.75, 3.05) is 19.6 Å². The van der Waals surface area contributed by atoms with Gasteiger partial charge in [0.25, 0.3) is 0 Å². The summed E-state index contributed by atoms with van der Waals surface area (Å²) in [6.07, 6.45) is 6.26. The van der Waals surface area contributed by atoms with Gasteiger partial charge in [0, 0.05) is 6.54 Å². The van der Waals surface area contributed by atoms with E-state index in [1.807, 2.05) is 0 Å². The second-order valence-corrected chi connectivity index (χ2v) is 4.29. The van der Waals surface area contributed by atoms with Crippen molar-refractivity contribution >= 4 is 24.2 Å². The lowest BCUT2D eigenvalue weighted by Gasteiger charge is -2.21. The van der Waals surface area contributed by atoms with Crippen LogP contribution in [0, 0.1) is 5.92 Å². The number of halogens is 1. The zero-order valence-electron chi connectivity index (χ0n) is 10.0. The zero-order chi connectivity index (χ0) is 11.8. The first-order valence-corrected chi connectivity index (χ1v) is 5.96. The van der Waals surface area contributed by atoms with Gasteiger partial charge < -0.3 is 16.4 Å². The molecule has 5 nitrogen and oxygen atoms in total. The number of hydrogen-bond donors (Lipinski definition) is 3. The Morgan fingerprint density at radius 2 is 1.71 bits per heavy atom. The van der Waals surface area contributed by atoms with Gasteiger partial charge in [-0.1, -0.05) is 19.3 Å². The molecule has 1 fully saturated rings. The van der Waals surface area contributed by atoms with Gasteiger partial charge in [0.15, 0.2) is 0 Å². The van der Waals surface area contributed by atoms with Crippen molar-refractivity contribution in [3.05, 3.63) is 0 Å². The third-order valence-corrected chi connectivity index (χ3v) is 2.94. The minimum absolute atomic E-state index is 0. The van der Waals surface area contributed by atoms with Gasteiger partial charge in [-0.2, -0.15) is 0 Å². The molecule has 6 heteroatoms. The van der Waals surface area contributed by atoms with E-state index in [2.05, 4.69) is 10.6 Å². The number of nitrogens with one attached hydrogen (secondary N) is 2. The summed E-state index contributed by atoms with van der Waals surface area (Å²) < 4.78 is 0. The summed E-state index contributed by atoms with van der Waals surface area (Å²) in [5.41, 5.74) is 5.11. The second-order valence-electron chi connectivity index (χ2n) is 4.29. The Bertz CT molecular complexity index is 243. The van der Waals surface area contributed by atoms with Crippen LogP contribution >= 0.6 is 12.4 Å². The Morgan fingerprint density at radius 3 is 2.29 bits per heavy atom. The molecule has 0 saturated heterocycles. The van der Waals surface area contributed by atoms with Gasteiger partial charge in [-0.05, 0) is 18.8 Å². The lowest BCUT2D eigenvalue weighted by atomic mass is 9.89. The van der Waals surface area contributed by atoms with Gasteiger partial charge in [-0.15, -0.1) is 12.4 Å². The summed E-state index contributed by atoms with van der Waals surface area (Å²) >= 11 is 0. The SMILES string of the molecule is Cl.NCC(=O)NCC(=O)NCC1CCCCC1. The van der Waals surface area contributed by atoms with Crippen molar-refractivity contribution in [3.8, 4) is 0 Å². The van der Waals surface area contributed by atoms with E-state index in [4.69, 9.17) is 5.73 Å². The van der Waals surface area contributed by atoms with E-state index in [1.54, 1.807) is 0 Å². The predicted octanol–water partition coefficient (Wildman–Crippen LogP) is 0.180. The standard InChI is InChI=1S/C11H21N3O2.ClH/c12-6-10(15)14-8-11(16)13-7-9-4-2-1-3-5-9;/h9H,1-8,12H2,(H,13,16)(H,14,15);1H. The van der Waals surface area contributed by atoms with E-state index >= 15 is 0 Å². The predicted molar refractivity (Wildman–Crippen MR) is 68.9 cm³/mol. The highest BCUT2D eigenvalue weighted by molar-refractivity contribution is 5.85. The quantitative estimate of drug-likeness (QED) is 0.662. The van der Waals surface area contributed by atoms with Crippen LogP contribution in [0.1, 0.15) is 32.1 Å². The van der Waals surface area contributed by atoms with Gasteiger partial charge in [0.1, 0.15) is 0 Å². The fourth-order valence-electron chi connectivity index (χ4n) is 1.96. The first kappa shape index (κ1) is 16.2. The van der Waals surface area contributed by atoms with E-state index < -0.39 is 0 Å². The molecule has 0 atom stereocenters. The molecule has 4 N–H and O–H groups in total. The van der Waals surface area contributed by atoms with Crippen molar-refractivity contribution < 1.29 is 9.59 Å². The maximum atomic E-state index is 11.3. The van der Waals surface area contributed by atoms with Gasteiger partial charge in [-0.3, -0.25) is 9.59 Å².